The molecule has 1 amide bonds. The molecule has 15 heavy (non-hydrogen) atoms. The Bertz CT molecular complexity index is 372. The van der Waals surface area contributed by atoms with Gasteiger partial charge in [-0.15, -0.1) is 0 Å². The lowest BCUT2D eigenvalue weighted by Crippen LogP contribution is -2.40. The summed E-state index contributed by atoms with van der Waals surface area (Å²) in [4.78, 5) is 25.9. The molecule has 1 aromatic rings. The van der Waals surface area contributed by atoms with Crippen molar-refractivity contribution in [3.8, 4) is 0 Å². The number of nitrogens with zero attached hydrogens (tertiary/aromatic N) is 1. The number of aliphatic carboxylic acids is 1. The highest BCUT2D eigenvalue weighted by molar-refractivity contribution is 5.94. The molecule has 0 radical (unpaired) electrons. The van der Waals surface area contributed by atoms with Gasteiger partial charge in [-0.2, -0.15) is 0 Å². The van der Waals surface area contributed by atoms with Gasteiger partial charge in [0, 0.05) is 0 Å². The van der Waals surface area contributed by atoms with E-state index in [2.05, 4.69) is 10.3 Å². The standard InChI is InChI=1S/C9H12N2O4/c1-3-6(9(13)14)11-8(12)7-5(2)10-4-15-7/h4,6H,3H2,1-2H3,(H,11,12)(H,13,14)/t6-/m0/s1. The monoisotopic (exact) mass is 212 g/mol. The summed E-state index contributed by atoms with van der Waals surface area (Å²) in [6, 6.07) is -0.901. The number of carbonyl (C=O) groups is 2. The third-order valence-corrected chi connectivity index (χ3v) is 1.96. The fourth-order valence-corrected chi connectivity index (χ4v) is 1.08. The molecule has 6 nitrogen and oxygen atoms in total. The first-order valence-electron chi connectivity index (χ1n) is 4.50. The van der Waals surface area contributed by atoms with E-state index in [-0.39, 0.29) is 5.76 Å². The van der Waals surface area contributed by atoms with E-state index in [1.807, 2.05) is 0 Å². The number of carbonyl (C=O) groups excluding carboxylic acids is 1. The zero-order valence-corrected chi connectivity index (χ0v) is 8.48. The predicted molar refractivity (Wildman–Crippen MR) is 50.4 cm³/mol. The molecule has 0 fully saturated rings. The quantitative estimate of drug-likeness (QED) is 0.761. The summed E-state index contributed by atoms with van der Waals surface area (Å²) in [5, 5.41) is 11.1. The van der Waals surface area contributed by atoms with Crippen LogP contribution in [-0.2, 0) is 4.79 Å². The smallest absolute Gasteiger partial charge is 0.326 e. The summed E-state index contributed by atoms with van der Waals surface area (Å²) in [5.41, 5.74) is 0.438. The average molecular weight is 212 g/mol. The van der Waals surface area contributed by atoms with Crippen molar-refractivity contribution in [3.05, 3.63) is 17.8 Å². The molecule has 0 bridgehead atoms. The third-order valence-electron chi connectivity index (χ3n) is 1.96. The van der Waals surface area contributed by atoms with Gasteiger partial charge < -0.3 is 14.8 Å². The maximum atomic E-state index is 11.5. The molecule has 1 rings (SSSR count). The van der Waals surface area contributed by atoms with Gasteiger partial charge in [0.25, 0.3) is 5.91 Å². The molecule has 6 heteroatoms. The van der Waals surface area contributed by atoms with E-state index in [4.69, 9.17) is 9.52 Å². The fraction of sp³-hybridized carbons (Fsp3) is 0.444. The number of oxazole rings is 1. The minimum atomic E-state index is -1.07. The number of carboxylic acid groups (broad SMARTS) is 1. The summed E-state index contributed by atoms with van der Waals surface area (Å²) in [7, 11) is 0. The van der Waals surface area contributed by atoms with E-state index in [9.17, 15) is 9.59 Å². The molecule has 82 valence electrons. The second kappa shape index (κ2) is 4.59. The Balaban J connectivity index is 2.71. The molecule has 0 aliphatic rings. The van der Waals surface area contributed by atoms with E-state index in [0.29, 0.717) is 12.1 Å². The molecule has 0 saturated heterocycles. The topological polar surface area (TPSA) is 92.4 Å². The fourth-order valence-electron chi connectivity index (χ4n) is 1.08. The Morgan fingerprint density at radius 1 is 1.67 bits per heavy atom. The van der Waals surface area contributed by atoms with E-state index in [1.54, 1.807) is 13.8 Å². The van der Waals surface area contributed by atoms with E-state index in [0.717, 1.165) is 6.39 Å². The second-order valence-electron chi connectivity index (χ2n) is 3.04. The highest BCUT2D eigenvalue weighted by atomic mass is 16.4. The van der Waals surface area contributed by atoms with E-state index >= 15 is 0 Å². The first-order chi connectivity index (χ1) is 7.06. The van der Waals surface area contributed by atoms with Gasteiger partial charge in [-0.3, -0.25) is 4.79 Å². The van der Waals surface area contributed by atoms with Crippen LogP contribution in [0.1, 0.15) is 29.6 Å². The van der Waals surface area contributed by atoms with E-state index in [1.165, 1.54) is 0 Å². The van der Waals surface area contributed by atoms with Crippen molar-refractivity contribution in [2.24, 2.45) is 0 Å². The third kappa shape index (κ3) is 2.55. The summed E-state index contributed by atoms with van der Waals surface area (Å²) in [6.45, 7) is 3.28. The van der Waals surface area contributed by atoms with Crippen molar-refractivity contribution in [2.75, 3.05) is 0 Å². The van der Waals surface area contributed by atoms with Gasteiger partial charge >= 0.3 is 5.97 Å². The van der Waals surface area contributed by atoms with Crippen molar-refractivity contribution in [3.63, 3.8) is 0 Å². The highest BCUT2D eigenvalue weighted by Crippen LogP contribution is 2.05. The summed E-state index contributed by atoms with van der Waals surface area (Å²) < 4.78 is 4.84. The number of rotatable bonds is 4. The van der Waals surface area contributed by atoms with Crippen LogP contribution < -0.4 is 5.32 Å². The van der Waals surface area contributed by atoms with Crippen LogP contribution in [-0.4, -0.2) is 28.0 Å². The van der Waals surface area contributed by atoms with Crippen LogP contribution in [0.3, 0.4) is 0 Å². The first kappa shape index (κ1) is 11.2. The first-order valence-corrected chi connectivity index (χ1v) is 4.50. The molecule has 1 aromatic heterocycles. The molecule has 0 aliphatic carbocycles. The molecule has 2 N–H and O–H groups in total. The Morgan fingerprint density at radius 3 is 2.73 bits per heavy atom. The Hall–Kier alpha value is -1.85. The number of nitrogens with one attached hydrogen (secondary N) is 1. The lowest BCUT2D eigenvalue weighted by atomic mass is 10.2. The van der Waals surface area contributed by atoms with Crippen LogP contribution in [0.4, 0.5) is 0 Å². The van der Waals surface area contributed by atoms with Gasteiger partial charge in [0.1, 0.15) is 6.04 Å². The lowest BCUT2D eigenvalue weighted by molar-refractivity contribution is -0.139. The van der Waals surface area contributed by atoms with Crippen LogP contribution in [0, 0.1) is 6.92 Å². The zero-order valence-electron chi connectivity index (χ0n) is 8.48. The number of amides is 1. The molecule has 0 spiro atoms. The Morgan fingerprint density at radius 2 is 2.33 bits per heavy atom. The maximum Gasteiger partial charge on any atom is 0.326 e. The highest BCUT2D eigenvalue weighted by Gasteiger charge is 2.21. The van der Waals surface area contributed by atoms with Crippen molar-refractivity contribution in [1.29, 1.82) is 0 Å². The van der Waals surface area contributed by atoms with Gasteiger partial charge in [0.15, 0.2) is 6.39 Å². The molecular formula is C9H12N2O4. The van der Waals surface area contributed by atoms with Crippen molar-refractivity contribution < 1.29 is 19.1 Å². The van der Waals surface area contributed by atoms with Crippen molar-refractivity contribution in [2.45, 2.75) is 26.3 Å². The SMILES string of the molecule is CC[C@H](NC(=O)c1ocnc1C)C(=O)O. The van der Waals surface area contributed by atoms with Gasteiger partial charge in [0.05, 0.1) is 5.69 Å². The zero-order chi connectivity index (χ0) is 11.4. The normalized spacial score (nSPS) is 12.1. The number of hydrogen-bond donors (Lipinski definition) is 2. The Kier molecular flexibility index (Phi) is 3.43. The summed E-state index contributed by atoms with van der Waals surface area (Å²) in [6.07, 6.45) is 1.46. The Labute approximate surface area is 86.3 Å². The molecule has 0 unspecified atom stereocenters. The van der Waals surface area contributed by atoms with Gasteiger partial charge in [-0.05, 0) is 13.3 Å². The maximum absolute atomic E-state index is 11.5. The number of aromatic nitrogens is 1. The molecule has 0 aromatic carbocycles. The van der Waals surface area contributed by atoms with Crippen molar-refractivity contribution in [1.82, 2.24) is 10.3 Å². The van der Waals surface area contributed by atoms with Crippen LogP contribution in [0.5, 0.6) is 0 Å². The predicted octanol–water partition coefficient (Wildman–Crippen LogP) is 0.576. The average Bonchev–Trinajstić information content (AvgIpc) is 2.60. The summed E-state index contributed by atoms with van der Waals surface area (Å²) in [5.74, 6) is -1.57. The minimum absolute atomic E-state index is 0.0506. The molecular weight excluding hydrogens is 200 g/mol. The van der Waals surface area contributed by atoms with Gasteiger partial charge in [-0.25, -0.2) is 9.78 Å². The van der Waals surface area contributed by atoms with Crippen LogP contribution in [0.15, 0.2) is 10.8 Å². The minimum Gasteiger partial charge on any atom is -0.480 e. The van der Waals surface area contributed by atoms with E-state index < -0.39 is 17.9 Å². The van der Waals surface area contributed by atoms with Crippen LogP contribution in [0.25, 0.3) is 0 Å². The lowest BCUT2D eigenvalue weighted by Gasteiger charge is -2.10. The van der Waals surface area contributed by atoms with Crippen LogP contribution >= 0.6 is 0 Å². The number of aryl methyl sites for hydroxylation is 1. The van der Waals surface area contributed by atoms with Crippen molar-refractivity contribution >= 4 is 11.9 Å². The molecule has 1 atom stereocenters. The van der Waals surface area contributed by atoms with Crippen LogP contribution in [0.2, 0.25) is 0 Å². The second-order valence-corrected chi connectivity index (χ2v) is 3.04. The summed E-state index contributed by atoms with van der Waals surface area (Å²) >= 11 is 0. The number of carboxylic acids is 1. The molecule has 0 saturated carbocycles. The van der Waals surface area contributed by atoms with Gasteiger partial charge in [-0.1, -0.05) is 6.92 Å². The molecule has 0 aliphatic heterocycles. The number of hydrogen-bond acceptors (Lipinski definition) is 4. The largest absolute Gasteiger partial charge is 0.480 e. The molecule has 1 heterocycles. The van der Waals surface area contributed by atoms with Gasteiger partial charge in [0.2, 0.25) is 5.76 Å².